The van der Waals surface area contributed by atoms with E-state index in [1.54, 1.807) is 0 Å². The zero-order valence-corrected chi connectivity index (χ0v) is 10.4. The summed E-state index contributed by atoms with van der Waals surface area (Å²) in [6.45, 7) is 0.777. The first-order valence-corrected chi connectivity index (χ1v) is 6.26. The van der Waals surface area contributed by atoms with Crippen LogP contribution in [0.15, 0.2) is 24.3 Å². The lowest BCUT2D eigenvalue weighted by Crippen LogP contribution is -2.37. The van der Waals surface area contributed by atoms with E-state index in [9.17, 15) is 4.79 Å². The SMILES string of the molecule is CN(CCc1cccc(N)c1)C(=O)C1CCC1. The van der Waals surface area contributed by atoms with Gasteiger partial charge in [-0.2, -0.15) is 0 Å². The Kier molecular flexibility index (Phi) is 3.67. The van der Waals surface area contributed by atoms with Crippen molar-refractivity contribution in [3.05, 3.63) is 29.8 Å². The minimum atomic E-state index is 0.292. The first kappa shape index (κ1) is 12.0. The Morgan fingerprint density at radius 2 is 2.24 bits per heavy atom. The van der Waals surface area contributed by atoms with Crippen LogP contribution >= 0.6 is 0 Å². The van der Waals surface area contributed by atoms with Crippen molar-refractivity contribution in [1.82, 2.24) is 4.90 Å². The molecule has 1 amide bonds. The van der Waals surface area contributed by atoms with Crippen LogP contribution in [0.3, 0.4) is 0 Å². The van der Waals surface area contributed by atoms with Crippen molar-refractivity contribution >= 4 is 11.6 Å². The fraction of sp³-hybridized carbons (Fsp3) is 0.500. The Hall–Kier alpha value is -1.51. The number of carbonyl (C=O) groups is 1. The van der Waals surface area contributed by atoms with Crippen molar-refractivity contribution in [2.45, 2.75) is 25.7 Å². The van der Waals surface area contributed by atoms with E-state index in [1.165, 1.54) is 12.0 Å². The van der Waals surface area contributed by atoms with E-state index in [1.807, 2.05) is 30.1 Å². The zero-order valence-electron chi connectivity index (χ0n) is 10.4. The summed E-state index contributed by atoms with van der Waals surface area (Å²) in [5.41, 5.74) is 7.70. The normalized spacial score (nSPS) is 15.4. The molecular formula is C14H20N2O. The van der Waals surface area contributed by atoms with Crippen molar-refractivity contribution in [3.63, 3.8) is 0 Å². The number of rotatable bonds is 4. The van der Waals surface area contributed by atoms with Gasteiger partial charge in [-0.25, -0.2) is 0 Å². The molecule has 0 saturated heterocycles. The number of hydrogen-bond donors (Lipinski definition) is 1. The van der Waals surface area contributed by atoms with Crippen LogP contribution in [0.2, 0.25) is 0 Å². The number of hydrogen-bond acceptors (Lipinski definition) is 2. The molecule has 0 bridgehead atoms. The predicted octanol–water partition coefficient (Wildman–Crippen LogP) is 2.07. The van der Waals surface area contributed by atoms with E-state index in [-0.39, 0.29) is 0 Å². The number of likely N-dealkylation sites (N-methyl/N-ethyl adjacent to an activating group) is 1. The van der Waals surface area contributed by atoms with Crippen molar-refractivity contribution < 1.29 is 4.79 Å². The number of amides is 1. The lowest BCUT2D eigenvalue weighted by molar-refractivity contribution is -0.136. The van der Waals surface area contributed by atoms with Crippen LogP contribution in [0.5, 0.6) is 0 Å². The molecule has 92 valence electrons. The zero-order chi connectivity index (χ0) is 12.3. The highest BCUT2D eigenvalue weighted by atomic mass is 16.2. The maximum atomic E-state index is 11.9. The Balaban J connectivity index is 1.83. The van der Waals surface area contributed by atoms with Crippen molar-refractivity contribution in [1.29, 1.82) is 0 Å². The summed E-state index contributed by atoms with van der Waals surface area (Å²) in [7, 11) is 1.90. The minimum Gasteiger partial charge on any atom is -0.399 e. The number of carbonyl (C=O) groups excluding carboxylic acids is 1. The largest absolute Gasteiger partial charge is 0.399 e. The first-order chi connectivity index (χ1) is 8.16. The second kappa shape index (κ2) is 5.21. The van der Waals surface area contributed by atoms with Gasteiger partial charge in [0.1, 0.15) is 0 Å². The van der Waals surface area contributed by atoms with Crippen LogP contribution in [-0.2, 0) is 11.2 Å². The smallest absolute Gasteiger partial charge is 0.225 e. The van der Waals surface area contributed by atoms with Gasteiger partial charge in [-0.05, 0) is 37.0 Å². The number of nitrogens with zero attached hydrogens (tertiary/aromatic N) is 1. The second-order valence-corrected chi connectivity index (χ2v) is 4.88. The van der Waals surface area contributed by atoms with Gasteiger partial charge in [0.25, 0.3) is 0 Å². The summed E-state index contributed by atoms with van der Waals surface area (Å²) in [5.74, 6) is 0.598. The molecule has 1 aromatic carbocycles. The van der Waals surface area contributed by atoms with E-state index >= 15 is 0 Å². The molecule has 0 radical (unpaired) electrons. The van der Waals surface area contributed by atoms with E-state index in [2.05, 4.69) is 6.07 Å². The van der Waals surface area contributed by atoms with Crippen LogP contribution in [0, 0.1) is 5.92 Å². The van der Waals surface area contributed by atoms with Crippen molar-refractivity contribution in [2.24, 2.45) is 5.92 Å². The van der Waals surface area contributed by atoms with Gasteiger partial charge in [-0.3, -0.25) is 4.79 Å². The molecule has 17 heavy (non-hydrogen) atoms. The third-order valence-electron chi connectivity index (χ3n) is 3.52. The van der Waals surface area contributed by atoms with Gasteiger partial charge >= 0.3 is 0 Å². The Morgan fingerprint density at radius 1 is 1.47 bits per heavy atom. The van der Waals surface area contributed by atoms with E-state index in [4.69, 9.17) is 5.73 Å². The summed E-state index contributed by atoms with van der Waals surface area (Å²) in [6, 6.07) is 7.87. The third-order valence-corrected chi connectivity index (χ3v) is 3.52. The molecule has 1 fully saturated rings. The van der Waals surface area contributed by atoms with Crippen LogP contribution in [0.1, 0.15) is 24.8 Å². The molecule has 1 saturated carbocycles. The fourth-order valence-corrected chi connectivity index (χ4v) is 2.12. The van der Waals surface area contributed by atoms with Crippen LogP contribution in [0.25, 0.3) is 0 Å². The monoisotopic (exact) mass is 232 g/mol. The first-order valence-electron chi connectivity index (χ1n) is 6.26. The molecule has 0 spiro atoms. The topological polar surface area (TPSA) is 46.3 Å². The average Bonchev–Trinajstić information content (AvgIpc) is 2.23. The summed E-state index contributed by atoms with van der Waals surface area (Å²) in [6.07, 6.45) is 4.22. The summed E-state index contributed by atoms with van der Waals surface area (Å²) >= 11 is 0. The van der Waals surface area contributed by atoms with Crippen LogP contribution < -0.4 is 5.73 Å². The molecular weight excluding hydrogens is 212 g/mol. The van der Waals surface area contributed by atoms with Gasteiger partial charge in [0.15, 0.2) is 0 Å². The maximum Gasteiger partial charge on any atom is 0.225 e. The third kappa shape index (κ3) is 2.99. The second-order valence-electron chi connectivity index (χ2n) is 4.88. The van der Waals surface area contributed by atoms with Gasteiger partial charge in [0.05, 0.1) is 0 Å². The average molecular weight is 232 g/mol. The quantitative estimate of drug-likeness (QED) is 0.808. The lowest BCUT2D eigenvalue weighted by atomic mass is 9.84. The van der Waals surface area contributed by atoms with Crippen LogP contribution in [-0.4, -0.2) is 24.4 Å². The number of anilines is 1. The molecule has 0 unspecified atom stereocenters. The summed E-state index contributed by atoms with van der Waals surface area (Å²) < 4.78 is 0. The molecule has 1 aliphatic rings. The Morgan fingerprint density at radius 3 is 2.82 bits per heavy atom. The molecule has 3 heteroatoms. The van der Waals surface area contributed by atoms with E-state index < -0.39 is 0 Å². The van der Waals surface area contributed by atoms with Gasteiger partial charge in [0.2, 0.25) is 5.91 Å². The Bertz CT molecular complexity index is 399. The molecule has 2 N–H and O–H groups in total. The maximum absolute atomic E-state index is 11.9. The van der Waals surface area contributed by atoms with Gasteiger partial charge in [0, 0.05) is 25.2 Å². The van der Waals surface area contributed by atoms with E-state index in [0.29, 0.717) is 11.8 Å². The lowest BCUT2D eigenvalue weighted by Gasteiger charge is -2.29. The molecule has 2 rings (SSSR count). The molecule has 0 aromatic heterocycles. The van der Waals surface area contributed by atoms with Crippen LogP contribution in [0.4, 0.5) is 5.69 Å². The molecule has 0 heterocycles. The fourth-order valence-electron chi connectivity index (χ4n) is 2.12. The predicted molar refractivity (Wildman–Crippen MR) is 69.5 cm³/mol. The standard InChI is InChI=1S/C14H20N2O/c1-16(14(17)12-5-3-6-12)9-8-11-4-2-7-13(15)10-11/h2,4,7,10,12H,3,5-6,8-9,15H2,1H3. The molecule has 1 aliphatic carbocycles. The highest BCUT2D eigenvalue weighted by molar-refractivity contribution is 5.79. The Labute approximate surface area is 103 Å². The summed E-state index contributed by atoms with van der Waals surface area (Å²) in [4.78, 5) is 13.8. The summed E-state index contributed by atoms with van der Waals surface area (Å²) in [5, 5.41) is 0. The molecule has 3 nitrogen and oxygen atoms in total. The number of nitrogen functional groups attached to an aromatic ring is 1. The highest BCUT2D eigenvalue weighted by Crippen LogP contribution is 2.27. The van der Waals surface area contributed by atoms with Gasteiger partial charge in [-0.15, -0.1) is 0 Å². The van der Waals surface area contributed by atoms with E-state index in [0.717, 1.165) is 31.5 Å². The van der Waals surface area contributed by atoms with Gasteiger partial charge < -0.3 is 10.6 Å². The van der Waals surface area contributed by atoms with Gasteiger partial charge in [-0.1, -0.05) is 18.6 Å². The number of nitrogens with two attached hydrogens (primary N) is 1. The molecule has 0 aliphatic heterocycles. The molecule has 0 atom stereocenters. The van der Waals surface area contributed by atoms with Crippen molar-refractivity contribution in [2.75, 3.05) is 19.3 Å². The minimum absolute atomic E-state index is 0.292. The molecule has 1 aromatic rings. The van der Waals surface area contributed by atoms with Crippen molar-refractivity contribution in [3.8, 4) is 0 Å². The number of benzene rings is 1. The highest BCUT2D eigenvalue weighted by Gasteiger charge is 2.27.